The third-order valence-electron chi connectivity index (χ3n) is 6.81. The van der Waals surface area contributed by atoms with Crippen LogP contribution >= 0.6 is 0 Å². The second-order valence-corrected chi connectivity index (χ2v) is 9.52. The smallest absolute Gasteiger partial charge is 0.337 e. The molecule has 2 aromatic rings. The zero-order valence-corrected chi connectivity index (χ0v) is 22.0. The molecule has 1 aliphatic carbocycles. The molecule has 2 atom stereocenters. The molecule has 2 aromatic carbocycles. The number of ether oxygens (including phenoxy) is 4. The molecule has 0 saturated carbocycles. The lowest BCUT2D eigenvalue weighted by atomic mass is 9.71. The van der Waals surface area contributed by atoms with Gasteiger partial charge in [-0.25, -0.2) is 4.79 Å². The van der Waals surface area contributed by atoms with E-state index in [1.165, 1.54) is 7.11 Å². The van der Waals surface area contributed by atoms with Crippen LogP contribution in [-0.2, 0) is 14.3 Å². The number of carbonyl (C=O) groups excluding carboxylic acids is 2. The van der Waals surface area contributed by atoms with Crippen LogP contribution < -0.4 is 19.5 Å². The Bertz CT molecular complexity index is 1290. The number of esters is 1. The monoisotopic (exact) mass is 507 g/mol. The number of rotatable bonds is 7. The first kappa shape index (κ1) is 26.1. The summed E-state index contributed by atoms with van der Waals surface area (Å²) >= 11 is 0. The molecule has 37 heavy (non-hydrogen) atoms. The number of phenolic OH excluding ortho intramolecular Hbond substituents is 1. The number of allylic oxidation sites excluding steroid dienone is 3. The maximum atomic E-state index is 13.8. The van der Waals surface area contributed by atoms with E-state index in [2.05, 4.69) is 5.32 Å². The average molecular weight is 508 g/mol. The summed E-state index contributed by atoms with van der Waals surface area (Å²) in [5.74, 6) is 0.126. The topological polar surface area (TPSA) is 103 Å². The van der Waals surface area contributed by atoms with Gasteiger partial charge in [0.1, 0.15) is 0 Å². The van der Waals surface area contributed by atoms with Gasteiger partial charge in [0, 0.05) is 29.3 Å². The van der Waals surface area contributed by atoms with Crippen LogP contribution in [0, 0.1) is 0 Å². The Labute approximate surface area is 216 Å². The molecule has 0 amide bonds. The number of phenols is 1. The van der Waals surface area contributed by atoms with Gasteiger partial charge in [0.25, 0.3) is 0 Å². The summed E-state index contributed by atoms with van der Waals surface area (Å²) in [4.78, 5) is 27.0. The molecule has 8 heteroatoms. The minimum absolute atomic E-state index is 0.0682. The number of aromatic hydroxyl groups is 1. The fourth-order valence-electron chi connectivity index (χ4n) is 5.15. The van der Waals surface area contributed by atoms with Crippen molar-refractivity contribution >= 4 is 11.8 Å². The highest BCUT2D eigenvalue weighted by Crippen LogP contribution is 2.47. The van der Waals surface area contributed by atoms with Crippen molar-refractivity contribution in [3.05, 3.63) is 70.1 Å². The molecule has 2 N–H and O–H groups in total. The number of hydrogen-bond acceptors (Lipinski definition) is 8. The third-order valence-corrected chi connectivity index (χ3v) is 6.81. The van der Waals surface area contributed by atoms with Gasteiger partial charge >= 0.3 is 5.97 Å². The van der Waals surface area contributed by atoms with E-state index in [0.29, 0.717) is 46.1 Å². The number of methoxy groups -OCH3 is 3. The fraction of sp³-hybridized carbons (Fsp3) is 0.379. The van der Waals surface area contributed by atoms with Crippen LogP contribution in [0.25, 0.3) is 0 Å². The highest BCUT2D eigenvalue weighted by Gasteiger charge is 2.42. The predicted octanol–water partition coefficient (Wildman–Crippen LogP) is 4.73. The third kappa shape index (κ3) is 5.01. The van der Waals surface area contributed by atoms with E-state index in [0.717, 1.165) is 11.3 Å². The lowest BCUT2D eigenvalue weighted by Gasteiger charge is -2.37. The number of carbonyl (C=O) groups is 2. The molecule has 0 radical (unpaired) electrons. The van der Waals surface area contributed by atoms with Gasteiger partial charge in [-0.2, -0.15) is 0 Å². The van der Waals surface area contributed by atoms with Gasteiger partial charge in [0.05, 0.1) is 33.0 Å². The predicted molar refractivity (Wildman–Crippen MR) is 138 cm³/mol. The molecule has 0 fully saturated rings. The molecule has 2 aliphatic rings. The standard InChI is InChI=1S/C29H33NO7/c1-15(2)37-29(33)26-16(3)30-20-11-19(17-7-10-24(35-5)25(14-17)36-6)13-22(32)28(20)27(26)18-8-9-23(34-4)21(31)12-18/h7-10,12,14-15,19,27,30-31H,11,13H2,1-6H3. The minimum atomic E-state index is -0.682. The van der Waals surface area contributed by atoms with Crippen LogP contribution in [0.2, 0.25) is 0 Å². The lowest BCUT2D eigenvalue weighted by Crippen LogP contribution is -2.36. The number of nitrogens with one attached hydrogen (secondary N) is 1. The van der Waals surface area contributed by atoms with Crippen molar-refractivity contribution in [1.82, 2.24) is 5.32 Å². The Morgan fingerprint density at radius 2 is 1.59 bits per heavy atom. The van der Waals surface area contributed by atoms with E-state index < -0.39 is 11.9 Å². The molecule has 0 aromatic heterocycles. The van der Waals surface area contributed by atoms with Crippen molar-refractivity contribution in [2.75, 3.05) is 21.3 Å². The summed E-state index contributed by atoms with van der Waals surface area (Å²) in [6.45, 7) is 5.37. The van der Waals surface area contributed by atoms with Crippen LogP contribution in [-0.4, -0.2) is 44.3 Å². The molecular weight excluding hydrogens is 474 g/mol. The fourth-order valence-corrected chi connectivity index (χ4v) is 5.15. The number of benzene rings is 2. The van der Waals surface area contributed by atoms with E-state index >= 15 is 0 Å². The largest absolute Gasteiger partial charge is 0.504 e. The Morgan fingerprint density at radius 1 is 0.946 bits per heavy atom. The number of hydrogen-bond donors (Lipinski definition) is 2. The van der Waals surface area contributed by atoms with Gasteiger partial charge in [-0.15, -0.1) is 0 Å². The van der Waals surface area contributed by atoms with Crippen LogP contribution in [0.1, 0.15) is 56.6 Å². The van der Waals surface area contributed by atoms with Crippen LogP contribution in [0.15, 0.2) is 58.9 Å². The first-order valence-electron chi connectivity index (χ1n) is 12.2. The highest BCUT2D eigenvalue weighted by molar-refractivity contribution is 6.04. The quantitative estimate of drug-likeness (QED) is 0.519. The average Bonchev–Trinajstić information content (AvgIpc) is 2.86. The summed E-state index contributed by atoms with van der Waals surface area (Å²) in [7, 11) is 4.63. The second kappa shape index (κ2) is 10.6. The van der Waals surface area contributed by atoms with Crippen LogP contribution in [0.4, 0.5) is 0 Å². The first-order chi connectivity index (χ1) is 17.7. The molecule has 8 nitrogen and oxygen atoms in total. The summed E-state index contributed by atoms with van der Waals surface area (Å²) in [6, 6.07) is 10.6. The Morgan fingerprint density at radius 3 is 2.22 bits per heavy atom. The summed E-state index contributed by atoms with van der Waals surface area (Å²) in [6.07, 6.45) is 0.503. The van der Waals surface area contributed by atoms with Gasteiger partial charge in [0.15, 0.2) is 28.8 Å². The molecule has 4 rings (SSSR count). The van der Waals surface area contributed by atoms with E-state index in [4.69, 9.17) is 18.9 Å². The molecule has 0 bridgehead atoms. The zero-order valence-electron chi connectivity index (χ0n) is 22.0. The number of dihydropyridines is 1. The van der Waals surface area contributed by atoms with Crippen molar-refractivity contribution < 1.29 is 33.6 Å². The SMILES string of the molecule is COc1ccc(C2C(C(=O)OC(C)C)=C(C)NC3=C2C(=O)CC(c2ccc(OC)c(OC)c2)C3)cc1O. The lowest BCUT2D eigenvalue weighted by molar-refractivity contribution is -0.143. The number of ketones is 1. The summed E-state index contributed by atoms with van der Waals surface area (Å²) < 4.78 is 21.6. The Balaban J connectivity index is 1.79. The van der Waals surface area contributed by atoms with Crippen LogP contribution in [0.3, 0.4) is 0 Å². The molecule has 196 valence electrons. The van der Waals surface area contributed by atoms with Gasteiger partial charge in [-0.1, -0.05) is 12.1 Å². The van der Waals surface area contributed by atoms with Crippen LogP contribution in [0.5, 0.6) is 23.0 Å². The van der Waals surface area contributed by atoms with Crippen molar-refractivity contribution in [2.24, 2.45) is 0 Å². The van der Waals surface area contributed by atoms with E-state index in [1.807, 2.05) is 25.1 Å². The molecule has 2 unspecified atom stereocenters. The first-order valence-corrected chi connectivity index (χ1v) is 12.2. The summed E-state index contributed by atoms with van der Waals surface area (Å²) in [5, 5.41) is 13.8. The van der Waals surface area contributed by atoms with Crippen molar-refractivity contribution in [3.8, 4) is 23.0 Å². The normalized spacial score (nSPS) is 19.4. The van der Waals surface area contributed by atoms with Crippen molar-refractivity contribution in [1.29, 1.82) is 0 Å². The minimum Gasteiger partial charge on any atom is -0.504 e. The van der Waals surface area contributed by atoms with Gasteiger partial charge < -0.3 is 29.4 Å². The number of Topliss-reactive ketones (excluding diaryl/α,β-unsaturated/α-hetero) is 1. The molecule has 1 aliphatic heterocycles. The summed E-state index contributed by atoms with van der Waals surface area (Å²) in [5.41, 5.74) is 3.82. The maximum absolute atomic E-state index is 13.8. The zero-order chi connectivity index (χ0) is 26.9. The second-order valence-electron chi connectivity index (χ2n) is 9.52. The molecule has 1 heterocycles. The van der Waals surface area contributed by atoms with E-state index in [1.54, 1.807) is 46.3 Å². The van der Waals surface area contributed by atoms with E-state index in [-0.39, 0.29) is 30.0 Å². The van der Waals surface area contributed by atoms with Gasteiger partial charge in [0.2, 0.25) is 0 Å². The molecule has 0 saturated heterocycles. The van der Waals surface area contributed by atoms with Crippen molar-refractivity contribution in [3.63, 3.8) is 0 Å². The van der Waals surface area contributed by atoms with Crippen molar-refractivity contribution in [2.45, 2.75) is 51.6 Å². The Kier molecular flexibility index (Phi) is 7.47. The molecular formula is C29H33NO7. The van der Waals surface area contributed by atoms with Gasteiger partial charge in [-0.05, 0) is 68.5 Å². The molecule has 0 spiro atoms. The van der Waals surface area contributed by atoms with E-state index in [9.17, 15) is 14.7 Å². The highest BCUT2D eigenvalue weighted by atomic mass is 16.5. The Hall–Kier alpha value is -3.94. The maximum Gasteiger partial charge on any atom is 0.337 e. The van der Waals surface area contributed by atoms with Gasteiger partial charge in [-0.3, -0.25) is 4.79 Å².